The lowest BCUT2D eigenvalue weighted by Gasteiger charge is -2.31. The lowest BCUT2D eigenvalue weighted by molar-refractivity contribution is -0.142. The minimum Gasteiger partial charge on any atom is -0.493 e. The quantitative estimate of drug-likeness (QED) is 0.683. The summed E-state index contributed by atoms with van der Waals surface area (Å²) < 4.78 is 10.9. The number of methoxy groups -OCH3 is 1. The van der Waals surface area contributed by atoms with Crippen LogP contribution in [0.2, 0.25) is 5.02 Å². The molecule has 0 saturated carbocycles. The van der Waals surface area contributed by atoms with Crippen LogP contribution in [-0.2, 0) is 16.1 Å². The average Bonchev–Trinajstić information content (AvgIpc) is 2.68. The van der Waals surface area contributed by atoms with Crippen molar-refractivity contribution in [3.63, 3.8) is 0 Å². The molecule has 0 radical (unpaired) electrons. The van der Waals surface area contributed by atoms with Gasteiger partial charge in [0.1, 0.15) is 6.04 Å². The van der Waals surface area contributed by atoms with Gasteiger partial charge in [0, 0.05) is 17.1 Å². The number of ether oxygens (including phenoxy) is 2. The number of carbonyl (C=O) groups excluding carboxylic acids is 2. The van der Waals surface area contributed by atoms with E-state index >= 15 is 0 Å². The van der Waals surface area contributed by atoms with Crippen LogP contribution in [0.4, 0.5) is 0 Å². The molecule has 2 aromatic rings. The van der Waals surface area contributed by atoms with Gasteiger partial charge in [-0.05, 0) is 57.5 Å². The molecule has 0 saturated heterocycles. The highest BCUT2D eigenvalue weighted by Crippen LogP contribution is 2.26. The van der Waals surface area contributed by atoms with Gasteiger partial charge >= 0.3 is 0 Å². The van der Waals surface area contributed by atoms with E-state index in [9.17, 15) is 9.59 Å². The molecule has 2 rings (SSSR count). The molecule has 0 fully saturated rings. The summed E-state index contributed by atoms with van der Waals surface area (Å²) in [4.78, 5) is 27.3. The van der Waals surface area contributed by atoms with Crippen LogP contribution in [0.1, 0.15) is 33.3 Å². The minimum atomic E-state index is -0.697. The number of benzene rings is 2. The Hall–Kier alpha value is -2.73. The van der Waals surface area contributed by atoms with Gasteiger partial charge < -0.3 is 19.7 Å². The summed E-state index contributed by atoms with van der Waals surface area (Å²) >= 11 is 6.09. The largest absolute Gasteiger partial charge is 0.493 e. The number of amides is 2. The smallest absolute Gasteiger partial charge is 0.261 e. The highest BCUT2D eigenvalue weighted by molar-refractivity contribution is 6.30. The van der Waals surface area contributed by atoms with Crippen LogP contribution in [0.15, 0.2) is 48.5 Å². The number of halogens is 1. The van der Waals surface area contributed by atoms with Crippen molar-refractivity contribution < 1.29 is 19.1 Å². The Bertz CT molecular complexity index is 880. The van der Waals surface area contributed by atoms with Gasteiger partial charge in [-0.25, -0.2) is 0 Å². The standard InChI is InChI=1S/C23H29ClN2O4/c1-16(22(28)25-23(2,3)4)26(14-17-9-8-10-18(24)13-17)21(27)15-30-20-12-7-6-11-19(20)29-5/h6-13,16H,14-15H2,1-5H3,(H,25,28)/t16-/m0/s1. The number of hydrogen-bond donors (Lipinski definition) is 1. The van der Waals surface area contributed by atoms with Gasteiger partial charge in [-0.2, -0.15) is 0 Å². The summed E-state index contributed by atoms with van der Waals surface area (Å²) in [5.74, 6) is 0.431. The average molecular weight is 433 g/mol. The van der Waals surface area contributed by atoms with Crippen LogP contribution in [0.5, 0.6) is 11.5 Å². The van der Waals surface area contributed by atoms with Gasteiger partial charge in [0.15, 0.2) is 18.1 Å². The molecule has 2 amide bonds. The highest BCUT2D eigenvalue weighted by atomic mass is 35.5. The summed E-state index contributed by atoms with van der Waals surface area (Å²) in [6.07, 6.45) is 0. The van der Waals surface area contributed by atoms with Gasteiger partial charge in [-0.1, -0.05) is 35.9 Å². The van der Waals surface area contributed by atoms with Gasteiger partial charge in [0.25, 0.3) is 5.91 Å². The molecule has 0 aliphatic heterocycles. The van der Waals surface area contributed by atoms with E-state index in [0.29, 0.717) is 16.5 Å². The molecule has 0 aliphatic carbocycles. The van der Waals surface area contributed by atoms with Crippen LogP contribution < -0.4 is 14.8 Å². The van der Waals surface area contributed by atoms with E-state index in [4.69, 9.17) is 21.1 Å². The van der Waals surface area contributed by atoms with Gasteiger partial charge in [-0.3, -0.25) is 9.59 Å². The zero-order chi connectivity index (χ0) is 22.3. The molecule has 0 unspecified atom stereocenters. The van der Waals surface area contributed by atoms with Crippen LogP contribution in [0.3, 0.4) is 0 Å². The molecule has 6 nitrogen and oxygen atoms in total. The second kappa shape index (κ2) is 10.3. The fourth-order valence-corrected chi connectivity index (χ4v) is 3.06. The van der Waals surface area contributed by atoms with Crippen LogP contribution in [0.25, 0.3) is 0 Å². The molecular formula is C23H29ClN2O4. The maximum Gasteiger partial charge on any atom is 0.261 e. The summed E-state index contributed by atoms with van der Waals surface area (Å²) in [6, 6.07) is 13.6. The predicted octanol–water partition coefficient (Wildman–Crippen LogP) is 4.06. The third-order valence-corrected chi connectivity index (χ3v) is 4.56. The number of rotatable bonds is 8. The lowest BCUT2D eigenvalue weighted by Crippen LogP contribution is -2.53. The first kappa shape index (κ1) is 23.5. The fourth-order valence-electron chi connectivity index (χ4n) is 2.85. The number of nitrogens with one attached hydrogen (secondary N) is 1. The fraction of sp³-hybridized carbons (Fsp3) is 0.391. The first-order chi connectivity index (χ1) is 14.1. The Morgan fingerprint density at radius 3 is 2.37 bits per heavy atom. The van der Waals surface area contributed by atoms with E-state index < -0.39 is 11.6 Å². The Kier molecular flexibility index (Phi) is 8.12. The Morgan fingerprint density at radius 2 is 1.77 bits per heavy atom. The molecule has 2 aromatic carbocycles. The summed E-state index contributed by atoms with van der Waals surface area (Å²) in [5, 5.41) is 3.49. The van der Waals surface area contributed by atoms with Crippen molar-refractivity contribution in [2.45, 2.75) is 45.8 Å². The van der Waals surface area contributed by atoms with E-state index in [1.165, 1.54) is 12.0 Å². The van der Waals surface area contributed by atoms with Crippen molar-refractivity contribution in [3.8, 4) is 11.5 Å². The molecule has 30 heavy (non-hydrogen) atoms. The third kappa shape index (κ3) is 6.95. The van der Waals surface area contributed by atoms with E-state index in [1.807, 2.05) is 39.0 Å². The number of para-hydroxylation sites is 2. The van der Waals surface area contributed by atoms with Gasteiger partial charge in [0.2, 0.25) is 5.91 Å². The summed E-state index contributed by atoms with van der Waals surface area (Å²) in [5.41, 5.74) is 0.410. The SMILES string of the molecule is COc1ccccc1OCC(=O)N(Cc1cccc(Cl)c1)[C@@H](C)C(=O)NC(C)(C)C. The highest BCUT2D eigenvalue weighted by Gasteiger charge is 2.28. The first-order valence-electron chi connectivity index (χ1n) is 9.72. The number of carbonyl (C=O) groups is 2. The molecular weight excluding hydrogens is 404 g/mol. The molecule has 0 aliphatic rings. The van der Waals surface area contributed by atoms with Crippen molar-refractivity contribution in [3.05, 3.63) is 59.1 Å². The van der Waals surface area contributed by atoms with Crippen LogP contribution in [-0.4, -0.2) is 42.0 Å². The summed E-state index contributed by atoms with van der Waals surface area (Å²) in [7, 11) is 1.54. The normalized spacial score (nSPS) is 12.1. The van der Waals surface area contributed by atoms with Gasteiger partial charge in [0.05, 0.1) is 7.11 Å². The number of hydrogen-bond acceptors (Lipinski definition) is 4. The summed E-state index contributed by atoms with van der Waals surface area (Å²) in [6.45, 7) is 7.39. The van der Waals surface area contributed by atoms with Crippen molar-refractivity contribution in [1.29, 1.82) is 0 Å². The van der Waals surface area contributed by atoms with Gasteiger partial charge in [-0.15, -0.1) is 0 Å². The van der Waals surface area contributed by atoms with Crippen LogP contribution >= 0.6 is 11.6 Å². The Labute approximate surface area is 183 Å². The van der Waals surface area contributed by atoms with Crippen molar-refractivity contribution in [1.82, 2.24) is 10.2 Å². The van der Waals surface area contributed by atoms with Crippen LogP contribution in [0, 0.1) is 0 Å². The molecule has 0 heterocycles. The van der Waals surface area contributed by atoms with Crippen molar-refractivity contribution in [2.75, 3.05) is 13.7 Å². The second-order valence-corrected chi connectivity index (χ2v) is 8.44. The molecule has 7 heteroatoms. The van der Waals surface area contributed by atoms with E-state index in [0.717, 1.165) is 5.56 Å². The van der Waals surface area contributed by atoms with Crippen molar-refractivity contribution >= 4 is 23.4 Å². The minimum absolute atomic E-state index is 0.228. The molecule has 1 N–H and O–H groups in total. The lowest BCUT2D eigenvalue weighted by atomic mass is 10.1. The third-order valence-electron chi connectivity index (χ3n) is 4.33. The van der Waals surface area contributed by atoms with E-state index in [1.54, 1.807) is 37.3 Å². The Morgan fingerprint density at radius 1 is 1.10 bits per heavy atom. The molecule has 0 aromatic heterocycles. The molecule has 0 spiro atoms. The zero-order valence-corrected chi connectivity index (χ0v) is 18.8. The van der Waals surface area contributed by atoms with E-state index in [-0.39, 0.29) is 25.0 Å². The maximum atomic E-state index is 13.1. The monoisotopic (exact) mass is 432 g/mol. The topological polar surface area (TPSA) is 67.9 Å². The molecule has 162 valence electrons. The van der Waals surface area contributed by atoms with Crippen molar-refractivity contribution in [2.24, 2.45) is 0 Å². The first-order valence-corrected chi connectivity index (χ1v) is 10.1. The zero-order valence-electron chi connectivity index (χ0n) is 18.1. The second-order valence-electron chi connectivity index (χ2n) is 8.01. The predicted molar refractivity (Wildman–Crippen MR) is 118 cm³/mol. The Balaban J connectivity index is 2.20. The molecule has 1 atom stereocenters. The number of nitrogens with zero attached hydrogens (tertiary/aromatic N) is 1. The van der Waals surface area contributed by atoms with E-state index in [2.05, 4.69) is 5.32 Å². The maximum absolute atomic E-state index is 13.1. The molecule has 0 bridgehead atoms.